The van der Waals surface area contributed by atoms with E-state index in [0.717, 1.165) is 6.42 Å². The fourth-order valence-corrected chi connectivity index (χ4v) is 4.09. The van der Waals surface area contributed by atoms with E-state index in [2.05, 4.69) is 0 Å². The molecule has 1 N–H and O–H groups in total. The van der Waals surface area contributed by atoms with E-state index in [-0.39, 0.29) is 11.3 Å². The molecule has 36 heavy (non-hydrogen) atoms. The normalized spacial score (nSPS) is 17.1. The minimum absolute atomic E-state index is 0.0487. The van der Waals surface area contributed by atoms with Crippen molar-refractivity contribution in [3.63, 3.8) is 0 Å². The summed E-state index contributed by atoms with van der Waals surface area (Å²) in [6.07, 6.45) is 0.879. The van der Waals surface area contributed by atoms with Crippen molar-refractivity contribution >= 4 is 17.4 Å². The first-order valence-electron chi connectivity index (χ1n) is 12.4. The highest BCUT2D eigenvalue weighted by Gasteiger charge is 2.46. The molecule has 0 spiro atoms. The quantitative estimate of drug-likeness (QED) is 0.267. The molecule has 3 rings (SSSR count). The minimum Gasteiger partial charge on any atom is -0.507 e. The van der Waals surface area contributed by atoms with Gasteiger partial charge in [0.05, 0.1) is 31.4 Å². The van der Waals surface area contributed by atoms with Gasteiger partial charge in [0, 0.05) is 18.7 Å². The smallest absolute Gasteiger partial charge is 0.295 e. The Labute approximate surface area is 213 Å². The molecule has 194 valence electrons. The number of hydrogen-bond acceptors (Lipinski definition) is 7. The van der Waals surface area contributed by atoms with Gasteiger partial charge in [0.25, 0.3) is 11.7 Å². The first kappa shape index (κ1) is 27.1. The first-order valence-corrected chi connectivity index (χ1v) is 12.4. The van der Waals surface area contributed by atoms with Crippen molar-refractivity contribution in [2.75, 3.05) is 47.0 Å². The Bertz CT molecular complexity index is 1090. The van der Waals surface area contributed by atoms with Gasteiger partial charge in [0.2, 0.25) is 0 Å². The fraction of sp³-hybridized carbons (Fsp3) is 0.429. The molecular weight excluding hydrogens is 460 g/mol. The standard InChI is InChI=1S/C28H36N2O6/c1-6-17-36-21-12-9-19(10-13-21)26(31)24-25(30(16-15-29(4)5)28(33)27(24)32)20-11-14-22(34-7-2)23(18-20)35-8-3/h9-14,18,25,31H,6-8,15-17H2,1-5H3. The van der Waals surface area contributed by atoms with Crippen LogP contribution >= 0.6 is 0 Å². The lowest BCUT2D eigenvalue weighted by Gasteiger charge is -2.27. The van der Waals surface area contributed by atoms with E-state index in [1.807, 2.05) is 45.8 Å². The lowest BCUT2D eigenvalue weighted by atomic mass is 9.95. The highest BCUT2D eigenvalue weighted by Crippen LogP contribution is 2.42. The van der Waals surface area contributed by atoms with Gasteiger partial charge in [0.15, 0.2) is 11.5 Å². The van der Waals surface area contributed by atoms with E-state index >= 15 is 0 Å². The number of Topliss-reactive ketones (excluding diaryl/α,β-unsaturated/α-hetero) is 1. The number of nitrogens with zero attached hydrogens (tertiary/aromatic N) is 2. The zero-order valence-electron chi connectivity index (χ0n) is 21.7. The van der Waals surface area contributed by atoms with Gasteiger partial charge in [-0.25, -0.2) is 0 Å². The Morgan fingerprint density at radius 3 is 2.22 bits per heavy atom. The van der Waals surface area contributed by atoms with Crippen molar-refractivity contribution < 1.29 is 28.9 Å². The SMILES string of the molecule is CCCOc1ccc(C(O)=C2C(=O)C(=O)N(CCN(C)C)C2c2ccc(OCC)c(OCC)c2)cc1. The van der Waals surface area contributed by atoms with Crippen LogP contribution < -0.4 is 14.2 Å². The molecule has 8 heteroatoms. The van der Waals surface area contributed by atoms with Crippen LogP contribution in [0.2, 0.25) is 0 Å². The highest BCUT2D eigenvalue weighted by molar-refractivity contribution is 6.46. The van der Waals surface area contributed by atoms with Crippen LogP contribution in [0.4, 0.5) is 0 Å². The molecule has 0 aromatic heterocycles. The molecular formula is C28H36N2O6. The predicted octanol–water partition coefficient (Wildman–Crippen LogP) is 4.26. The Morgan fingerprint density at radius 2 is 1.61 bits per heavy atom. The number of benzene rings is 2. The van der Waals surface area contributed by atoms with Crippen molar-refractivity contribution in [3.05, 3.63) is 59.2 Å². The van der Waals surface area contributed by atoms with Gasteiger partial charge in [-0.15, -0.1) is 0 Å². The zero-order valence-corrected chi connectivity index (χ0v) is 21.7. The van der Waals surface area contributed by atoms with E-state index in [1.165, 1.54) is 4.90 Å². The molecule has 1 aliphatic rings. The number of hydrogen-bond donors (Lipinski definition) is 1. The summed E-state index contributed by atoms with van der Waals surface area (Å²) in [4.78, 5) is 29.8. The van der Waals surface area contributed by atoms with Crippen LogP contribution in [0.5, 0.6) is 17.2 Å². The number of amides is 1. The molecule has 1 aliphatic heterocycles. The third-order valence-electron chi connectivity index (χ3n) is 5.81. The molecule has 1 unspecified atom stereocenters. The monoisotopic (exact) mass is 496 g/mol. The van der Waals surface area contributed by atoms with Crippen LogP contribution in [0.3, 0.4) is 0 Å². The maximum Gasteiger partial charge on any atom is 0.295 e. The topological polar surface area (TPSA) is 88.5 Å². The summed E-state index contributed by atoms with van der Waals surface area (Å²) in [7, 11) is 3.80. The molecule has 2 aromatic carbocycles. The van der Waals surface area contributed by atoms with Crippen LogP contribution in [-0.2, 0) is 9.59 Å². The number of rotatable bonds is 12. The molecule has 2 aromatic rings. The Kier molecular flexibility index (Phi) is 9.36. The van der Waals surface area contributed by atoms with Crippen LogP contribution in [-0.4, -0.2) is 73.6 Å². The number of aliphatic hydroxyl groups is 1. The van der Waals surface area contributed by atoms with Gasteiger partial charge >= 0.3 is 0 Å². The molecule has 0 aliphatic carbocycles. The highest BCUT2D eigenvalue weighted by atomic mass is 16.5. The first-order chi connectivity index (χ1) is 17.3. The lowest BCUT2D eigenvalue weighted by Crippen LogP contribution is -2.35. The number of likely N-dealkylation sites (N-methyl/N-ethyl adjacent to an activating group) is 1. The van der Waals surface area contributed by atoms with Crippen molar-refractivity contribution in [1.29, 1.82) is 0 Å². The lowest BCUT2D eigenvalue weighted by molar-refractivity contribution is -0.140. The molecule has 0 bridgehead atoms. The second-order valence-corrected chi connectivity index (χ2v) is 8.74. The number of aliphatic hydroxyl groups excluding tert-OH is 1. The Hall–Kier alpha value is -3.52. The Balaban J connectivity index is 2.11. The summed E-state index contributed by atoms with van der Waals surface area (Å²) in [5.41, 5.74) is 1.14. The minimum atomic E-state index is -0.768. The van der Waals surface area contributed by atoms with Crippen LogP contribution in [0.1, 0.15) is 44.4 Å². The van der Waals surface area contributed by atoms with E-state index in [1.54, 1.807) is 36.4 Å². The average molecular weight is 497 g/mol. The van der Waals surface area contributed by atoms with E-state index in [4.69, 9.17) is 14.2 Å². The third kappa shape index (κ3) is 5.99. The van der Waals surface area contributed by atoms with Gasteiger partial charge < -0.3 is 29.1 Å². The second kappa shape index (κ2) is 12.4. The molecule has 1 saturated heterocycles. The van der Waals surface area contributed by atoms with E-state index in [0.29, 0.717) is 61.3 Å². The summed E-state index contributed by atoms with van der Waals surface area (Å²) in [6.45, 7) is 8.14. The van der Waals surface area contributed by atoms with Gasteiger partial charge in [-0.3, -0.25) is 9.59 Å². The van der Waals surface area contributed by atoms with E-state index in [9.17, 15) is 14.7 Å². The number of likely N-dealkylation sites (tertiary alicyclic amines) is 1. The van der Waals surface area contributed by atoms with Gasteiger partial charge in [0.1, 0.15) is 11.5 Å². The molecule has 8 nitrogen and oxygen atoms in total. The van der Waals surface area contributed by atoms with Gasteiger partial charge in [-0.1, -0.05) is 13.0 Å². The summed E-state index contributed by atoms with van der Waals surface area (Å²) in [5.74, 6) is 0.194. The number of carbonyl (C=O) groups is 2. The summed E-state index contributed by atoms with van der Waals surface area (Å²) < 4.78 is 17.1. The molecule has 1 atom stereocenters. The van der Waals surface area contributed by atoms with Crippen LogP contribution in [0.15, 0.2) is 48.0 Å². The van der Waals surface area contributed by atoms with Crippen LogP contribution in [0.25, 0.3) is 5.76 Å². The van der Waals surface area contributed by atoms with E-state index < -0.39 is 17.7 Å². The van der Waals surface area contributed by atoms with Crippen molar-refractivity contribution in [2.24, 2.45) is 0 Å². The molecule has 0 radical (unpaired) electrons. The van der Waals surface area contributed by atoms with Crippen molar-refractivity contribution in [2.45, 2.75) is 33.2 Å². The molecule has 1 fully saturated rings. The second-order valence-electron chi connectivity index (χ2n) is 8.74. The summed E-state index contributed by atoms with van der Waals surface area (Å²) in [6, 6.07) is 11.5. The maximum atomic E-state index is 13.2. The molecule has 1 amide bonds. The average Bonchev–Trinajstić information content (AvgIpc) is 3.12. The van der Waals surface area contributed by atoms with Gasteiger partial charge in [-0.05, 0) is 76.3 Å². The summed E-state index contributed by atoms with van der Waals surface area (Å²) >= 11 is 0. The Morgan fingerprint density at radius 1 is 0.944 bits per heavy atom. The predicted molar refractivity (Wildman–Crippen MR) is 139 cm³/mol. The fourth-order valence-electron chi connectivity index (χ4n) is 4.09. The number of carbonyl (C=O) groups excluding carboxylic acids is 2. The number of ether oxygens (including phenoxy) is 3. The van der Waals surface area contributed by atoms with Crippen LogP contribution in [0, 0.1) is 0 Å². The van der Waals surface area contributed by atoms with Gasteiger partial charge in [-0.2, -0.15) is 0 Å². The summed E-state index contributed by atoms with van der Waals surface area (Å²) in [5, 5.41) is 11.3. The maximum absolute atomic E-state index is 13.2. The third-order valence-corrected chi connectivity index (χ3v) is 5.81. The number of ketones is 1. The van der Waals surface area contributed by atoms with Crippen molar-refractivity contribution in [3.8, 4) is 17.2 Å². The molecule has 1 heterocycles. The zero-order chi connectivity index (χ0) is 26.2. The van der Waals surface area contributed by atoms with Crippen molar-refractivity contribution in [1.82, 2.24) is 9.80 Å². The molecule has 0 saturated carbocycles. The largest absolute Gasteiger partial charge is 0.507 e.